The summed E-state index contributed by atoms with van der Waals surface area (Å²) in [6.07, 6.45) is 15.4. The molecule has 0 aliphatic carbocycles. The van der Waals surface area contributed by atoms with Crippen LogP contribution in [0, 0.1) is 0 Å². The van der Waals surface area contributed by atoms with Crippen LogP contribution in [0.4, 0.5) is 0 Å². The van der Waals surface area contributed by atoms with Gasteiger partial charge in [0.2, 0.25) is 0 Å². The number of allylic oxidation sites excluding steroid dienone is 6. The molecule has 0 saturated carbocycles. The van der Waals surface area contributed by atoms with Crippen LogP contribution in [0.25, 0.3) is 0 Å². The topological polar surface area (TPSA) is 38.7 Å². The minimum Gasteiger partial charge on any atom is -0.504 e. The molecule has 0 aromatic rings. The highest BCUT2D eigenvalue weighted by atomic mass is 35.5. The van der Waals surface area contributed by atoms with Crippen LogP contribution in [0.15, 0.2) is 71.7 Å². The van der Waals surface area contributed by atoms with E-state index in [9.17, 15) is 5.11 Å². The summed E-state index contributed by atoms with van der Waals surface area (Å²) in [5.74, 6) is 0.661. The first-order valence-electron chi connectivity index (χ1n) is 9.28. The monoisotopic (exact) mass is 392 g/mol. The summed E-state index contributed by atoms with van der Waals surface area (Å²) in [5, 5.41) is 10.3. The zero-order valence-corrected chi connectivity index (χ0v) is 17.8. The van der Waals surface area contributed by atoms with Crippen LogP contribution >= 0.6 is 11.6 Å². The summed E-state index contributed by atoms with van der Waals surface area (Å²) in [4.78, 5) is 0. The minimum absolute atomic E-state index is 0.267. The number of rotatable bonds is 10. The van der Waals surface area contributed by atoms with E-state index in [1.54, 1.807) is 26.4 Å². The van der Waals surface area contributed by atoms with Gasteiger partial charge in [-0.2, -0.15) is 0 Å². The lowest BCUT2D eigenvalue weighted by Crippen LogP contribution is -2.32. The summed E-state index contributed by atoms with van der Waals surface area (Å²) in [7, 11) is 1.61. The second-order valence-corrected chi connectivity index (χ2v) is 7.93. The van der Waals surface area contributed by atoms with Gasteiger partial charge in [-0.1, -0.05) is 54.6 Å². The maximum Gasteiger partial charge on any atom is 0.141 e. The number of aliphatic hydroxyl groups is 1. The maximum atomic E-state index is 9.89. The van der Waals surface area contributed by atoms with Gasteiger partial charge in [0, 0.05) is 0 Å². The molecule has 1 rings (SSSR count). The lowest BCUT2D eigenvalue weighted by molar-refractivity contribution is -0.00299. The molecule has 0 fully saturated rings. The Morgan fingerprint density at radius 1 is 1.48 bits per heavy atom. The third-order valence-electron chi connectivity index (χ3n) is 4.69. The van der Waals surface area contributed by atoms with E-state index in [2.05, 4.69) is 33.1 Å². The van der Waals surface area contributed by atoms with Gasteiger partial charge in [-0.25, -0.2) is 0 Å². The van der Waals surface area contributed by atoms with Crippen molar-refractivity contribution in [3.05, 3.63) is 71.7 Å². The molecule has 2 unspecified atom stereocenters. The molecule has 4 heteroatoms. The average molecular weight is 393 g/mol. The molecular weight excluding hydrogens is 360 g/mol. The summed E-state index contributed by atoms with van der Waals surface area (Å²) in [6, 6.07) is 0. The van der Waals surface area contributed by atoms with Crippen molar-refractivity contribution in [3.63, 3.8) is 0 Å². The zero-order chi connectivity index (χ0) is 20.5. The van der Waals surface area contributed by atoms with Gasteiger partial charge in [0.1, 0.15) is 11.4 Å². The van der Waals surface area contributed by atoms with E-state index in [1.807, 2.05) is 12.2 Å². The number of methoxy groups -OCH3 is 1. The van der Waals surface area contributed by atoms with E-state index in [-0.39, 0.29) is 5.60 Å². The Kier molecular flexibility index (Phi) is 9.14. The van der Waals surface area contributed by atoms with E-state index in [0.29, 0.717) is 10.8 Å². The Bertz CT molecular complexity index is 653. The van der Waals surface area contributed by atoms with Crippen molar-refractivity contribution in [1.29, 1.82) is 0 Å². The van der Waals surface area contributed by atoms with Gasteiger partial charge in [-0.05, 0) is 64.5 Å². The summed E-state index contributed by atoms with van der Waals surface area (Å²) in [5.41, 5.74) is 1.05. The molecule has 0 saturated heterocycles. The van der Waals surface area contributed by atoms with Crippen LogP contribution in [0.5, 0.6) is 0 Å². The number of hydrogen-bond acceptors (Lipinski definition) is 3. The minimum atomic E-state index is -0.953. The molecule has 1 N–H and O–H groups in total. The van der Waals surface area contributed by atoms with E-state index in [4.69, 9.17) is 21.1 Å². The lowest BCUT2D eigenvalue weighted by atomic mass is 9.88. The molecule has 0 bridgehead atoms. The van der Waals surface area contributed by atoms with Crippen molar-refractivity contribution in [3.8, 4) is 0 Å². The first-order valence-corrected chi connectivity index (χ1v) is 9.66. The Balaban J connectivity index is 2.66. The van der Waals surface area contributed by atoms with Gasteiger partial charge in [0.05, 0.1) is 24.0 Å². The van der Waals surface area contributed by atoms with Gasteiger partial charge < -0.3 is 14.6 Å². The number of halogens is 1. The van der Waals surface area contributed by atoms with Crippen molar-refractivity contribution in [1.82, 2.24) is 0 Å². The van der Waals surface area contributed by atoms with Crippen LogP contribution in [0.3, 0.4) is 0 Å². The predicted molar refractivity (Wildman–Crippen MR) is 114 cm³/mol. The number of hydrogen-bond donors (Lipinski definition) is 1. The smallest absolute Gasteiger partial charge is 0.141 e. The molecule has 0 aromatic carbocycles. The fourth-order valence-electron chi connectivity index (χ4n) is 2.85. The van der Waals surface area contributed by atoms with Crippen molar-refractivity contribution < 1.29 is 14.6 Å². The standard InChI is InChI=1S/C23H33ClO3/c1-7-22(4,25)14-8-10-18(2)11-9-15-23(5)16-12-20(13-17-26-6)21(27-23)19(3)24/h7-8,11,13-14,17,25H,1,3,9-10,12,15-16H2,2,4-6H3/b14-8+,17-13+,18-11+. The second kappa shape index (κ2) is 10.6. The maximum absolute atomic E-state index is 9.89. The predicted octanol–water partition coefficient (Wildman–Crippen LogP) is 6.33. The summed E-state index contributed by atoms with van der Waals surface area (Å²) < 4.78 is 11.2. The van der Waals surface area contributed by atoms with E-state index < -0.39 is 5.60 Å². The third kappa shape index (κ3) is 8.23. The molecule has 0 amide bonds. The normalized spacial score (nSPS) is 23.4. The third-order valence-corrected chi connectivity index (χ3v) is 4.86. The molecule has 1 aliphatic rings. The van der Waals surface area contributed by atoms with Crippen molar-refractivity contribution in [2.45, 2.75) is 64.1 Å². The highest BCUT2D eigenvalue weighted by molar-refractivity contribution is 6.31. The quantitative estimate of drug-likeness (QED) is 0.348. The second-order valence-electron chi connectivity index (χ2n) is 7.48. The highest BCUT2D eigenvalue weighted by Crippen LogP contribution is 2.38. The molecule has 0 spiro atoms. The van der Waals surface area contributed by atoms with Gasteiger partial charge in [-0.3, -0.25) is 0 Å². The molecule has 150 valence electrons. The Morgan fingerprint density at radius 2 is 2.19 bits per heavy atom. The molecule has 2 atom stereocenters. The average Bonchev–Trinajstić information content (AvgIpc) is 2.60. The molecular formula is C23H33ClO3. The van der Waals surface area contributed by atoms with E-state index >= 15 is 0 Å². The van der Waals surface area contributed by atoms with Crippen LogP contribution in [-0.4, -0.2) is 23.4 Å². The van der Waals surface area contributed by atoms with Gasteiger partial charge in [-0.15, -0.1) is 0 Å². The lowest BCUT2D eigenvalue weighted by Gasteiger charge is -2.36. The van der Waals surface area contributed by atoms with Crippen LogP contribution in [0.1, 0.15) is 52.9 Å². The van der Waals surface area contributed by atoms with Crippen LogP contribution in [-0.2, 0) is 9.47 Å². The van der Waals surface area contributed by atoms with Crippen molar-refractivity contribution in [2.24, 2.45) is 0 Å². The van der Waals surface area contributed by atoms with Gasteiger partial charge >= 0.3 is 0 Å². The largest absolute Gasteiger partial charge is 0.504 e. The molecule has 0 aromatic heterocycles. The zero-order valence-electron chi connectivity index (χ0n) is 17.1. The Hall–Kier alpha value is -1.71. The van der Waals surface area contributed by atoms with Crippen molar-refractivity contribution >= 4 is 11.6 Å². The first kappa shape index (κ1) is 23.3. The fraction of sp³-hybridized carbons (Fsp3) is 0.478. The van der Waals surface area contributed by atoms with Gasteiger partial charge in [0.25, 0.3) is 0 Å². The molecule has 1 aliphatic heterocycles. The highest BCUT2D eigenvalue weighted by Gasteiger charge is 2.32. The van der Waals surface area contributed by atoms with Crippen LogP contribution in [0.2, 0.25) is 0 Å². The van der Waals surface area contributed by atoms with Gasteiger partial charge in [0.15, 0.2) is 0 Å². The van der Waals surface area contributed by atoms with Crippen LogP contribution < -0.4 is 0 Å². The SMILES string of the molecule is C=CC(C)(O)/C=C/C/C(C)=C/CCC1(C)CCC(/C=C/OC)=C(C(=C)Cl)O1. The molecule has 3 nitrogen and oxygen atoms in total. The number of ether oxygens (including phenoxy) is 2. The molecule has 1 heterocycles. The summed E-state index contributed by atoms with van der Waals surface area (Å²) >= 11 is 6.15. The summed E-state index contributed by atoms with van der Waals surface area (Å²) in [6.45, 7) is 13.4. The first-order chi connectivity index (χ1) is 12.6. The molecule has 0 radical (unpaired) electrons. The molecule has 27 heavy (non-hydrogen) atoms. The van der Waals surface area contributed by atoms with E-state index in [1.165, 1.54) is 11.6 Å². The fourth-order valence-corrected chi connectivity index (χ4v) is 3.01. The Morgan fingerprint density at radius 3 is 2.78 bits per heavy atom. The van der Waals surface area contributed by atoms with E-state index in [0.717, 1.165) is 37.7 Å². The van der Waals surface area contributed by atoms with Crippen molar-refractivity contribution in [2.75, 3.05) is 7.11 Å². The Labute approximate surface area is 169 Å².